The average molecular weight is 342 g/mol. The lowest BCUT2D eigenvalue weighted by atomic mass is 9.96. The molecule has 20 heavy (non-hydrogen) atoms. The van der Waals surface area contributed by atoms with Gasteiger partial charge < -0.3 is 15.1 Å². The largest absolute Gasteiger partial charge is 0.369 e. The molecule has 1 aliphatic heterocycles. The van der Waals surface area contributed by atoms with Gasteiger partial charge in [0.2, 0.25) is 0 Å². The Morgan fingerprint density at radius 3 is 2.65 bits per heavy atom. The third kappa shape index (κ3) is 3.82. The highest BCUT2D eigenvalue weighted by atomic mass is 79.9. The van der Waals surface area contributed by atoms with Crippen LogP contribution in [-0.2, 0) is 0 Å². The lowest BCUT2D eigenvalue weighted by Gasteiger charge is -2.34. The first-order chi connectivity index (χ1) is 9.61. The van der Waals surface area contributed by atoms with Crippen molar-refractivity contribution in [3.63, 3.8) is 0 Å². The minimum Gasteiger partial charge on any atom is -0.369 e. The third-order valence-corrected chi connectivity index (χ3v) is 4.38. The first-order valence-corrected chi connectivity index (χ1v) is 8.05. The van der Waals surface area contributed by atoms with Gasteiger partial charge in [-0.25, -0.2) is 9.97 Å². The molecule has 0 aromatic carbocycles. The minimum absolute atomic E-state index is 0.801. The molecular weight excluding hydrogens is 318 g/mol. The van der Waals surface area contributed by atoms with Crippen LogP contribution in [0.4, 0.5) is 11.6 Å². The van der Waals surface area contributed by atoms with E-state index < -0.39 is 0 Å². The van der Waals surface area contributed by atoms with E-state index in [0.29, 0.717) is 0 Å². The van der Waals surface area contributed by atoms with Crippen LogP contribution in [0.5, 0.6) is 0 Å². The molecule has 1 N–H and O–H groups in total. The standard InChI is InChI=1S/C14H24BrN5/c1-4-16-13-12(15)14(18-10-17-13)20-7-5-11(6-8-20)9-19(2)3/h10-11H,4-9H2,1-3H3,(H,16,17,18). The Hall–Kier alpha value is -0.880. The number of hydrogen-bond acceptors (Lipinski definition) is 5. The van der Waals surface area contributed by atoms with Crippen molar-refractivity contribution >= 4 is 27.6 Å². The fraction of sp³-hybridized carbons (Fsp3) is 0.714. The Kier molecular flexibility index (Phi) is 5.60. The fourth-order valence-electron chi connectivity index (χ4n) is 2.72. The van der Waals surface area contributed by atoms with E-state index in [1.54, 1.807) is 6.33 Å². The van der Waals surface area contributed by atoms with Crippen molar-refractivity contribution < 1.29 is 0 Å². The first kappa shape index (κ1) is 15.5. The summed E-state index contributed by atoms with van der Waals surface area (Å²) in [5.41, 5.74) is 0. The minimum atomic E-state index is 0.801. The van der Waals surface area contributed by atoms with Gasteiger partial charge in [-0.2, -0.15) is 0 Å². The highest BCUT2D eigenvalue weighted by Crippen LogP contribution is 2.32. The van der Waals surface area contributed by atoms with Gasteiger partial charge in [-0.05, 0) is 55.7 Å². The molecule has 6 heteroatoms. The number of hydrogen-bond donors (Lipinski definition) is 1. The Morgan fingerprint density at radius 1 is 1.35 bits per heavy atom. The summed E-state index contributed by atoms with van der Waals surface area (Å²) in [6.45, 7) is 6.25. The highest BCUT2D eigenvalue weighted by Gasteiger charge is 2.23. The zero-order valence-corrected chi connectivity index (χ0v) is 14.2. The predicted molar refractivity (Wildman–Crippen MR) is 87.4 cm³/mol. The van der Waals surface area contributed by atoms with E-state index >= 15 is 0 Å². The topological polar surface area (TPSA) is 44.3 Å². The van der Waals surface area contributed by atoms with Crippen LogP contribution in [-0.4, -0.2) is 55.1 Å². The molecule has 2 heterocycles. The maximum absolute atomic E-state index is 4.45. The summed E-state index contributed by atoms with van der Waals surface area (Å²) in [6.07, 6.45) is 4.10. The zero-order valence-electron chi connectivity index (χ0n) is 12.6. The van der Waals surface area contributed by atoms with Crippen LogP contribution in [0.2, 0.25) is 0 Å². The van der Waals surface area contributed by atoms with Crippen molar-refractivity contribution in [2.45, 2.75) is 19.8 Å². The molecule has 112 valence electrons. The van der Waals surface area contributed by atoms with E-state index in [9.17, 15) is 0 Å². The molecule has 0 unspecified atom stereocenters. The lowest BCUT2D eigenvalue weighted by molar-refractivity contribution is 0.284. The van der Waals surface area contributed by atoms with Gasteiger partial charge >= 0.3 is 0 Å². The van der Waals surface area contributed by atoms with E-state index in [1.165, 1.54) is 19.4 Å². The van der Waals surface area contributed by atoms with Crippen molar-refractivity contribution in [2.75, 3.05) is 50.5 Å². The van der Waals surface area contributed by atoms with Crippen LogP contribution < -0.4 is 10.2 Å². The number of halogens is 1. The summed E-state index contributed by atoms with van der Waals surface area (Å²) in [7, 11) is 4.30. The van der Waals surface area contributed by atoms with Crippen molar-refractivity contribution in [1.82, 2.24) is 14.9 Å². The van der Waals surface area contributed by atoms with Gasteiger partial charge in [-0.1, -0.05) is 0 Å². The molecule has 0 saturated carbocycles. The van der Waals surface area contributed by atoms with E-state index in [0.717, 1.165) is 41.7 Å². The average Bonchev–Trinajstić information content (AvgIpc) is 2.42. The van der Waals surface area contributed by atoms with Gasteiger partial charge in [-0.3, -0.25) is 0 Å². The van der Waals surface area contributed by atoms with Gasteiger partial charge in [-0.15, -0.1) is 0 Å². The van der Waals surface area contributed by atoms with Crippen molar-refractivity contribution in [1.29, 1.82) is 0 Å². The number of rotatable bonds is 5. The van der Waals surface area contributed by atoms with Crippen LogP contribution >= 0.6 is 15.9 Å². The normalized spacial score (nSPS) is 16.8. The van der Waals surface area contributed by atoms with Gasteiger partial charge in [0.05, 0.1) is 0 Å². The summed E-state index contributed by atoms with van der Waals surface area (Å²) in [6, 6.07) is 0. The molecule has 0 amide bonds. The van der Waals surface area contributed by atoms with Crippen LogP contribution in [0.1, 0.15) is 19.8 Å². The Labute approximate surface area is 129 Å². The van der Waals surface area contributed by atoms with E-state index in [1.807, 2.05) is 0 Å². The first-order valence-electron chi connectivity index (χ1n) is 7.25. The zero-order chi connectivity index (χ0) is 14.5. The predicted octanol–water partition coefficient (Wildman–Crippen LogP) is 2.45. The molecule has 0 aliphatic carbocycles. The number of aromatic nitrogens is 2. The van der Waals surface area contributed by atoms with Crippen molar-refractivity contribution in [2.24, 2.45) is 5.92 Å². The Bertz CT molecular complexity index is 430. The Balaban J connectivity index is 2.01. The number of piperidine rings is 1. The molecule has 0 bridgehead atoms. The summed E-state index contributed by atoms with van der Waals surface area (Å²) >= 11 is 3.64. The molecule has 2 rings (SSSR count). The SMILES string of the molecule is CCNc1ncnc(N2CCC(CN(C)C)CC2)c1Br. The van der Waals surface area contributed by atoms with E-state index in [4.69, 9.17) is 0 Å². The van der Waals surface area contributed by atoms with Gasteiger partial charge in [0, 0.05) is 26.2 Å². The molecule has 1 fully saturated rings. The summed E-state index contributed by atoms with van der Waals surface area (Å²) in [5, 5.41) is 3.26. The molecule has 1 aromatic heterocycles. The highest BCUT2D eigenvalue weighted by molar-refractivity contribution is 9.10. The summed E-state index contributed by atoms with van der Waals surface area (Å²) in [4.78, 5) is 13.4. The van der Waals surface area contributed by atoms with Crippen LogP contribution in [0, 0.1) is 5.92 Å². The molecule has 0 atom stereocenters. The molecule has 1 aromatic rings. The van der Waals surface area contributed by atoms with E-state index in [-0.39, 0.29) is 0 Å². The molecule has 1 aliphatic rings. The molecule has 5 nitrogen and oxygen atoms in total. The second-order valence-electron chi connectivity index (χ2n) is 5.58. The maximum atomic E-state index is 4.45. The molecule has 0 radical (unpaired) electrons. The third-order valence-electron chi connectivity index (χ3n) is 3.65. The smallest absolute Gasteiger partial charge is 0.148 e. The molecule has 0 spiro atoms. The van der Waals surface area contributed by atoms with E-state index in [2.05, 4.69) is 62.0 Å². The lowest BCUT2D eigenvalue weighted by Crippen LogP contribution is -2.37. The van der Waals surface area contributed by atoms with Crippen LogP contribution in [0.15, 0.2) is 10.8 Å². The molecule has 1 saturated heterocycles. The number of nitrogens with one attached hydrogen (secondary N) is 1. The number of nitrogens with zero attached hydrogens (tertiary/aromatic N) is 4. The Morgan fingerprint density at radius 2 is 2.05 bits per heavy atom. The van der Waals surface area contributed by atoms with Crippen molar-refractivity contribution in [3.05, 3.63) is 10.8 Å². The molecular formula is C14H24BrN5. The van der Waals surface area contributed by atoms with Crippen LogP contribution in [0.3, 0.4) is 0 Å². The maximum Gasteiger partial charge on any atom is 0.148 e. The number of anilines is 2. The second kappa shape index (κ2) is 7.22. The second-order valence-corrected chi connectivity index (χ2v) is 6.38. The quantitative estimate of drug-likeness (QED) is 0.891. The van der Waals surface area contributed by atoms with Gasteiger partial charge in [0.1, 0.15) is 22.4 Å². The van der Waals surface area contributed by atoms with Crippen LogP contribution in [0.25, 0.3) is 0 Å². The monoisotopic (exact) mass is 341 g/mol. The van der Waals surface area contributed by atoms with Gasteiger partial charge in [0.25, 0.3) is 0 Å². The fourth-order valence-corrected chi connectivity index (χ4v) is 3.31. The van der Waals surface area contributed by atoms with Crippen molar-refractivity contribution in [3.8, 4) is 0 Å². The van der Waals surface area contributed by atoms with Gasteiger partial charge in [0.15, 0.2) is 0 Å². The summed E-state index contributed by atoms with van der Waals surface area (Å²) in [5.74, 6) is 2.70. The summed E-state index contributed by atoms with van der Waals surface area (Å²) < 4.78 is 0.980.